The quantitative estimate of drug-likeness (QED) is 0.368. The standard InChI is InChI=1S/C29H34N6O4/c1-38-24-14-20(15-25(16-24)39-2)5-6-21-17-35(29-27(21)28(30)31-19-32-29)22-7-13-34(18-22)26(37)4-3-10-33-11-8-23(36)9-12-33/h3-4,14-17,19,22-23,36H,7-13,18H2,1-2H3,(H2,30,31,32)/b4-3+/t22-/m0/s1. The number of methoxy groups -OCH3 is 2. The van der Waals surface area contributed by atoms with Gasteiger partial charge in [-0.25, -0.2) is 9.97 Å². The van der Waals surface area contributed by atoms with Gasteiger partial charge in [0.1, 0.15) is 29.3 Å². The SMILES string of the molecule is COc1cc(C#Cc2cn([C@H]3CCN(C(=O)/C=C/CN4CCC(O)CC4)C3)c3ncnc(N)c23)cc(OC)c1. The lowest BCUT2D eigenvalue weighted by molar-refractivity contribution is -0.125. The number of fused-ring (bicyclic) bond motifs is 1. The van der Waals surface area contributed by atoms with Gasteiger partial charge < -0.3 is 29.8 Å². The molecule has 5 rings (SSSR count). The number of carbonyl (C=O) groups is 1. The van der Waals surface area contributed by atoms with Gasteiger partial charge in [0.25, 0.3) is 0 Å². The van der Waals surface area contributed by atoms with Crippen LogP contribution in [0.3, 0.4) is 0 Å². The number of amides is 1. The molecule has 0 bridgehead atoms. The summed E-state index contributed by atoms with van der Waals surface area (Å²) < 4.78 is 12.8. The van der Waals surface area contributed by atoms with Gasteiger partial charge in [-0.3, -0.25) is 9.69 Å². The van der Waals surface area contributed by atoms with Gasteiger partial charge >= 0.3 is 0 Å². The number of aliphatic hydroxyl groups is 1. The first-order valence-electron chi connectivity index (χ1n) is 13.2. The Labute approximate surface area is 228 Å². The summed E-state index contributed by atoms with van der Waals surface area (Å²) in [5, 5.41) is 10.4. The van der Waals surface area contributed by atoms with Crippen LogP contribution in [0.5, 0.6) is 11.5 Å². The number of aromatic nitrogens is 3. The lowest BCUT2D eigenvalue weighted by Crippen LogP contribution is -2.36. The molecule has 204 valence electrons. The molecule has 2 aromatic heterocycles. The highest BCUT2D eigenvalue weighted by Gasteiger charge is 2.28. The fourth-order valence-corrected chi connectivity index (χ4v) is 5.18. The minimum absolute atomic E-state index is 0.00660. The highest BCUT2D eigenvalue weighted by atomic mass is 16.5. The number of rotatable bonds is 6. The number of hydrogen-bond donors (Lipinski definition) is 2. The molecule has 0 radical (unpaired) electrons. The minimum atomic E-state index is -0.198. The largest absolute Gasteiger partial charge is 0.497 e. The van der Waals surface area contributed by atoms with Crippen molar-refractivity contribution < 1.29 is 19.4 Å². The highest BCUT2D eigenvalue weighted by molar-refractivity contribution is 5.92. The van der Waals surface area contributed by atoms with Crippen molar-refractivity contribution in [3.8, 4) is 23.3 Å². The molecule has 2 saturated heterocycles. The van der Waals surface area contributed by atoms with Crippen LogP contribution in [0.1, 0.15) is 36.4 Å². The van der Waals surface area contributed by atoms with Crippen LogP contribution in [0.2, 0.25) is 0 Å². The Morgan fingerprint density at radius 3 is 2.56 bits per heavy atom. The van der Waals surface area contributed by atoms with Gasteiger partial charge in [-0.15, -0.1) is 0 Å². The maximum atomic E-state index is 12.9. The number of carbonyl (C=O) groups excluding carboxylic acids is 1. The molecule has 2 fully saturated rings. The van der Waals surface area contributed by atoms with E-state index < -0.39 is 0 Å². The van der Waals surface area contributed by atoms with Crippen LogP contribution in [-0.2, 0) is 4.79 Å². The second-order valence-corrected chi connectivity index (χ2v) is 9.92. The molecule has 10 heteroatoms. The molecular weight excluding hydrogens is 496 g/mol. The molecule has 0 unspecified atom stereocenters. The lowest BCUT2D eigenvalue weighted by Gasteiger charge is -2.28. The fourth-order valence-electron chi connectivity index (χ4n) is 5.18. The first-order valence-corrected chi connectivity index (χ1v) is 13.2. The molecule has 0 aliphatic carbocycles. The van der Waals surface area contributed by atoms with Crippen molar-refractivity contribution in [2.24, 2.45) is 0 Å². The molecule has 3 aromatic rings. The number of nitrogens with zero attached hydrogens (tertiary/aromatic N) is 5. The van der Waals surface area contributed by atoms with E-state index in [0.717, 1.165) is 50.0 Å². The molecule has 2 aliphatic rings. The Hall–Kier alpha value is -4.07. The van der Waals surface area contributed by atoms with Gasteiger partial charge in [-0.2, -0.15) is 0 Å². The Bertz CT molecular complexity index is 1410. The summed E-state index contributed by atoms with van der Waals surface area (Å²) >= 11 is 0. The van der Waals surface area contributed by atoms with E-state index in [1.807, 2.05) is 29.3 Å². The van der Waals surface area contributed by atoms with Crippen molar-refractivity contribution in [3.05, 3.63) is 54.0 Å². The molecule has 2 aliphatic heterocycles. The Kier molecular flexibility index (Phi) is 8.00. The summed E-state index contributed by atoms with van der Waals surface area (Å²) in [7, 11) is 3.20. The molecule has 4 heterocycles. The first kappa shape index (κ1) is 26.5. The van der Waals surface area contributed by atoms with Crippen molar-refractivity contribution in [1.29, 1.82) is 0 Å². The number of anilines is 1. The average Bonchev–Trinajstić information content (AvgIpc) is 3.59. The zero-order chi connectivity index (χ0) is 27.4. The summed E-state index contributed by atoms with van der Waals surface area (Å²) in [4.78, 5) is 25.7. The Morgan fingerprint density at radius 1 is 1.10 bits per heavy atom. The number of benzene rings is 1. The molecular formula is C29H34N6O4. The van der Waals surface area contributed by atoms with Gasteiger partial charge in [0, 0.05) is 56.6 Å². The topological polar surface area (TPSA) is 119 Å². The molecule has 3 N–H and O–H groups in total. The van der Waals surface area contributed by atoms with Crippen LogP contribution in [0.25, 0.3) is 11.0 Å². The van der Waals surface area contributed by atoms with Crippen LogP contribution >= 0.6 is 0 Å². The van der Waals surface area contributed by atoms with Gasteiger partial charge in [-0.05, 0) is 31.4 Å². The van der Waals surface area contributed by atoms with Crippen LogP contribution in [0.15, 0.2) is 42.9 Å². The summed E-state index contributed by atoms with van der Waals surface area (Å²) in [5.74, 6) is 8.10. The minimum Gasteiger partial charge on any atom is -0.497 e. The van der Waals surface area contributed by atoms with Crippen LogP contribution in [-0.4, -0.2) is 88.4 Å². The summed E-state index contributed by atoms with van der Waals surface area (Å²) in [6.45, 7) is 3.66. The van der Waals surface area contributed by atoms with Gasteiger partial charge in [-0.1, -0.05) is 17.9 Å². The maximum Gasteiger partial charge on any atom is 0.246 e. The molecule has 1 atom stereocenters. The zero-order valence-corrected chi connectivity index (χ0v) is 22.3. The van der Waals surface area contributed by atoms with E-state index in [-0.39, 0.29) is 18.1 Å². The van der Waals surface area contributed by atoms with Crippen molar-refractivity contribution in [1.82, 2.24) is 24.3 Å². The Morgan fingerprint density at radius 2 is 1.85 bits per heavy atom. The second-order valence-electron chi connectivity index (χ2n) is 9.92. The third kappa shape index (κ3) is 6.00. The predicted octanol–water partition coefficient (Wildman–Crippen LogP) is 2.22. The number of aliphatic hydroxyl groups excluding tert-OH is 1. The van der Waals surface area contributed by atoms with E-state index >= 15 is 0 Å². The normalized spacial score (nSPS) is 18.4. The molecule has 10 nitrogen and oxygen atoms in total. The average molecular weight is 531 g/mol. The zero-order valence-electron chi connectivity index (χ0n) is 22.3. The summed E-state index contributed by atoms with van der Waals surface area (Å²) in [6, 6.07) is 5.54. The van der Waals surface area contributed by atoms with Crippen molar-refractivity contribution in [2.75, 3.05) is 52.7 Å². The summed E-state index contributed by atoms with van der Waals surface area (Å²) in [6.07, 6.45) is 9.18. The number of hydrogen-bond acceptors (Lipinski definition) is 8. The number of nitrogen functional groups attached to an aromatic ring is 1. The van der Waals surface area contributed by atoms with E-state index in [1.54, 1.807) is 26.4 Å². The van der Waals surface area contributed by atoms with Crippen molar-refractivity contribution in [3.63, 3.8) is 0 Å². The first-order chi connectivity index (χ1) is 18.9. The summed E-state index contributed by atoms with van der Waals surface area (Å²) in [5.41, 5.74) is 8.44. The van der Waals surface area contributed by atoms with Gasteiger partial charge in [0.15, 0.2) is 0 Å². The molecule has 1 amide bonds. The van der Waals surface area contributed by atoms with E-state index in [2.05, 4.69) is 31.3 Å². The number of piperidine rings is 1. The van der Waals surface area contributed by atoms with Crippen LogP contribution in [0.4, 0.5) is 5.82 Å². The number of likely N-dealkylation sites (tertiary alicyclic amines) is 2. The highest BCUT2D eigenvalue weighted by Crippen LogP contribution is 2.31. The number of nitrogens with two attached hydrogens (primary N) is 1. The Balaban J connectivity index is 1.33. The predicted molar refractivity (Wildman–Crippen MR) is 149 cm³/mol. The third-order valence-electron chi connectivity index (χ3n) is 7.38. The van der Waals surface area contributed by atoms with E-state index in [1.165, 1.54) is 6.33 Å². The van der Waals surface area contributed by atoms with E-state index in [9.17, 15) is 9.90 Å². The lowest BCUT2D eigenvalue weighted by atomic mass is 10.1. The number of ether oxygens (including phenoxy) is 2. The van der Waals surface area contributed by atoms with Gasteiger partial charge in [0.05, 0.1) is 37.3 Å². The maximum absolute atomic E-state index is 12.9. The monoisotopic (exact) mass is 530 g/mol. The van der Waals surface area contributed by atoms with Gasteiger partial charge in [0.2, 0.25) is 5.91 Å². The van der Waals surface area contributed by atoms with Crippen molar-refractivity contribution in [2.45, 2.75) is 31.4 Å². The molecule has 0 spiro atoms. The molecule has 1 aromatic carbocycles. The van der Waals surface area contributed by atoms with E-state index in [0.29, 0.717) is 41.4 Å². The van der Waals surface area contributed by atoms with E-state index in [4.69, 9.17) is 15.2 Å². The fraction of sp³-hybridized carbons (Fsp3) is 0.414. The second kappa shape index (κ2) is 11.8. The molecule has 0 saturated carbocycles. The molecule has 39 heavy (non-hydrogen) atoms. The smallest absolute Gasteiger partial charge is 0.246 e. The van der Waals surface area contributed by atoms with Crippen LogP contribution < -0.4 is 15.2 Å². The van der Waals surface area contributed by atoms with Crippen molar-refractivity contribution >= 4 is 22.8 Å². The third-order valence-corrected chi connectivity index (χ3v) is 7.38. The van der Waals surface area contributed by atoms with Crippen LogP contribution in [0, 0.1) is 11.8 Å².